The molecule has 1 aliphatic rings. The topological polar surface area (TPSA) is 77.8 Å². The Morgan fingerprint density at radius 2 is 1.94 bits per heavy atom. The predicted octanol–water partition coefficient (Wildman–Crippen LogP) is 0.111. The summed E-state index contributed by atoms with van der Waals surface area (Å²) in [6, 6.07) is 6.01. The van der Waals surface area contributed by atoms with Crippen LogP contribution in [0.25, 0.3) is 0 Å². The Kier molecular flexibility index (Phi) is 3.72. The van der Waals surface area contributed by atoms with Crippen molar-refractivity contribution in [3.05, 3.63) is 29.8 Å². The molecule has 0 spiro atoms. The third kappa shape index (κ3) is 2.42. The van der Waals surface area contributed by atoms with Gasteiger partial charge in [0.15, 0.2) is 0 Å². The van der Waals surface area contributed by atoms with Crippen LogP contribution in [-0.4, -0.2) is 48.2 Å². The highest BCUT2D eigenvalue weighted by atomic mass is 32.2. The van der Waals surface area contributed by atoms with Crippen molar-refractivity contribution in [3.63, 3.8) is 0 Å². The first-order valence-electron chi connectivity index (χ1n) is 5.82. The molecular weight excluding hydrogens is 254 g/mol. The fraction of sp³-hybridized carbons (Fsp3) is 0.500. The molecule has 100 valence electrons. The van der Waals surface area contributed by atoms with E-state index < -0.39 is 22.2 Å². The Balaban J connectivity index is 2.33. The summed E-state index contributed by atoms with van der Waals surface area (Å²) < 4.78 is 25.9. The first kappa shape index (κ1) is 13.5. The zero-order valence-corrected chi connectivity index (χ0v) is 11.0. The van der Waals surface area contributed by atoms with E-state index in [4.69, 9.17) is 0 Å². The minimum absolute atomic E-state index is 0.0431. The van der Waals surface area contributed by atoms with Gasteiger partial charge in [-0.25, -0.2) is 8.42 Å². The van der Waals surface area contributed by atoms with Gasteiger partial charge in [-0.1, -0.05) is 17.7 Å². The lowest BCUT2D eigenvalue weighted by atomic mass is 10.2. The largest absolute Gasteiger partial charge is 0.395 e. The van der Waals surface area contributed by atoms with Crippen LogP contribution in [0.4, 0.5) is 0 Å². The van der Waals surface area contributed by atoms with Gasteiger partial charge in [0.25, 0.3) is 0 Å². The summed E-state index contributed by atoms with van der Waals surface area (Å²) in [5, 5.41) is 18.7. The number of hydrogen-bond donors (Lipinski definition) is 2. The molecular formula is C12H17NO4S. The molecule has 1 aliphatic heterocycles. The lowest BCUT2D eigenvalue weighted by Gasteiger charge is -2.22. The van der Waals surface area contributed by atoms with Gasteiger partial charge in [-0.15, -0.1) is 0 Å². The van der Waals surface area contributed by atoms with Gasteiger partial charge < -0.3 is 10.2 Å². The standard InChI is InChI=1S/C12H17NO4S/c1-9-2-4-12(5-3-9)18(16,17)13-7-11(15)6-10(13)8-14/h2-5,10-11,14-15H,6-8H2,1H3/t10?,11-/m1/s1. The van der Waals surface area contributed by atoms with Crippen molar-refractivity contribution >= 4 is 10.0 Å². The zero-order valence-electron chi connectivity index (χ0n) is 10.2. The molecule has 1 fully saturated rings. The Morgan fingerprint density at radius 1 is 1.33 bits per heavy atom. The number of aliphatic hydroxyl groups excluding tert-OH is 2. The third-order valence-corrected chi connectivity index (χ3v) is 5.11. The van der Waals surface area contributed by atoms with Gasteiger partial charge >= 0.3 is 0 Å². The van der Waals surface area contributed by atoms with E-state index in [1.165, 1.54) is 4.31 Å². The van der Waals surface area contributed by atoms with E-state index in [0.717, 1.165) is 5.56 Å². The van der Waals surface area contributed by atoms with Crippen LogP contribution in [-0.2, 0) is 10.0 Å². The maximum absolute atomic E-state index is 12.4. The molecule has 2 atom stereocenters. The number of β-amino-alcohol motifs (C(OH)–C–C–N with tert-alkyl or cyclic N) is 1. The van der Waals surface area contributed by atoms with Crippen molar-refractivity contribution < 1.29 is 18.6 Å². The molecule has 1 aromatic rings. The number of benzene rings is 1. The number of sulfonamides is 1. The Labute approximate surface area is 107 Å². The molecule has 0 amide bonds. The molecule has 2 N–H and O–H groups in total. The first-order valence-corrected chi connectivity index (χ1v) is 7.26. The number of aryl methyl sites for hydroxylation is 1. The van der Waals surface area contributed by atoms with Crippen LogP contribution in [0.1, 0.15) is 12.0 Å². The maximum Gasteiger partial charge on any atom is 0.243 e. The van der Waals surface area contributed by atoms with E-state index in [1.807, 2.05) is 6.92 Å². The molecule has 1 aromatic carbocycles. The number of nitrogens with zero attached hydrogens (tertiary/aromatic N) is 1. The average molecular weight is 271 g/mol. The fourth-order valence-electron chi connectivity index (χ4n) is 2.17. The monoisotopic (exact) mass is 271 g/mol. The van der Waals surface area contributed by atoms with Crippen LogP contribution in [0.5, 0.6) is 0 Å². The maximum atomic E-state index is 12.4. The number of aliphatic hydroxyl groups is 2. The van der Waals surface area contributed by atoms with Crippen molar-refractivity contribution in [2.45, 2.75) is 30.4 Å². The fourth-order valence-corrected chi connectivity index (χ4v) is 3.83. The lowest BCUT2D eigenvalue weighted by molar-refractivity contribution is 0.184. The van der Waals surface area contributed by atoms with E-state index >= 15 is 0 Å². The average Bonchev–Trinajstić information content (AvgIpc) is 2.72. The highest BCUT2D eigenvalue weighted by Crippen LogP contribution is 2.26. The van der Waals surface area contributed by atoms with Crippen LogP contribution in [0.3, 0.4) is 0 Å². The lowest BCUT2D eigenvalue weighted by Crippen LogP contribution is -2.37. The van der Waals surface area contributed by atoms with Crippen molar-refractivity contribution in [1.82, 2.24) is 4.31 Å². The van der Waals surface area contributed by atoms with Gasteiger partial charge in [0, 0.05) is 6.54 Å². The van der Waals surface area contributed by atoms with Gasteiger partial charge in [0.2, 0.25) is 10.0 Å². The normalized spacial score (nSPS) is 25.5. The highest BCUT2D eigenvalue weighted by molar-refractivity contribution is 7.89. The smallest absolute Gasteiger partial charge is 0.243 e. The van der Waals surface area contributed by atoms with E-state index in [2.05, 4.69) is 0 Å². The second-order valence-corrected chi connectivity index (χ2v) is 6.50. The van der Waals surface area contributed by atoms with Crippen LogP contribution >= 0.6 is 0 Å². The molecule has 0 aromatic heterocycles. The van der Waals surface area contributed by atoms with Crippen LogP contribution in [0.15, 0.2) is 29.2 Å². The Hall–Kier alpha value is -0.950. The van der Waals surface area contributed by atoms with Crippen molar-refractivity contribution in [2.75, 3.05) is 13.2 Å². The van der Waals surface area contributed by atoms with Crippen molar-refractivity contribution in [2.24, 2.45) is 0 Å². The van der Waals surface area contributed by atoms with Crippen LogP contribution in [0, 0.1) is 6.92 Å². The Bertz CT molecular complexity index is 511. The number of hydrogen-bond acceptors (Lipinski definition) is 4. The van der Waals surface area contributed by atoms with Crippen molar-refractivity contribution in [3.8, 4) is 0 Å². The summed E-state index contributed by atoms with van der Waals surface area (Å²) in [7, 11) is -3.64. The summed E-state index contributed by atoms with van der Waals surface area (Å²) in [5.74, 6) is 0. The number of rotatable bonds is 3. The molecule has 0 radical (unpaired) electrons. The van der Waals surface area contributed by atoms with E-state index in [0.29, 0.717) is 0 Å². The molecule has 1 unspecified atom stereocenters. The molecule has 5 nitrogen and oxygen atoms in total. The van der Waals surface area contributed by atoms with E-state index in [9.17, 15) is 18.6 Å². The molecule has 0 aliphatic carbocycles. The Morgan fingerprint density at radius 3 is 2.50 bits per heavy atom. The van der Waals surface area contributed by atoms with Crippen LogP contribution < -0.4 is 0 Å². The van der Waals surface area contributed by atoms with Gasteiger partial charge in [-0.05, 0) is 25.5 Å². The van der Waals surface area contributed by atoms with Gasteiger partial charge in [0.05, 0.1) is 23.6 Å². The van der Waals surface area contributed by atoms with Gasteiger partial charge in [-0.2, -0.15) is 4.31 Å². The summed E-state index contributed by atoms with van der Waals surface area (Å²) >= 11 is 0. The summed E-state index contributed by atoms with van der Waals surface area (Å²) in [6.07, 6.45) is -0.427. The molecule has 2 rings (SSSR count). The molecule has 6 heteroatoms. The highest BCUT2D eigenvalue weighted by Gasteiger charge is 2.39. The minimum atomic E-state index is -3.64. The quantitative estimate of drug-likeness (QED) is 0.818. The predicted molar refractivity (Wildman–Crippen MR) is 66.6 cm³/mol. The van der Waals surface area contributed by atoms with Gasteiger partial charge in [0.1, 0.15) is 0 Å². The van der Waals surface area contributed by atoms with E-state index in [1.54, 1.807) is 24.3 Å². The second-order valence-electron chi connectivity index (χ2n) is 4.61. The molecule has 18 heavy (non-hydrogen) atoms. The van der Waals surface area contributed by atoms with Crippen LogP contribution in [0.2, 0.25) is 0 Å². The van der Waals surface area contributed by atoms with E-state index in [-0.39, 0.29) is 24.5 Å². The molecule has 0 bridgehead atoms. The molecule has 0 saturated carbocycles. The minimum Gasteiger partial charge on any atom is -0.395 e. The van der Waals surface area contributed by atoms with Gasteiger partial charge in [-0.3, -0.25) is 0 Å². The van der Waals surface area contributed by atoms with Crippen molar-refractivity contribution in [1.29, 1.82) is 0 Å². The molecule has 1 heterocycles. The SMILES string of the molecule is Cc1ccc(S(=O)(=O)N2C[C@H](O)CC2CO)cc1. The first-order chi connectivity index (χ1) is 8.45. The summed E-state index contributed by atoms with van der Waals surface area (Å²) in [4.78, 5) is 0.195. The summed E-state index contributed by atoms with van der Waals surface area (Å²) in [5.41, 5.74) is 0.981. The molecule has 1 saturated heterocycles. The zero-order chi connectivity index (χ0) is 13.3. The summed E-state index contributed by atoms with van der Waals surface area (Å²) in [6.45, 7) is 1.65. The second kappa shape index (κ2) is 4.97. The third-order valence-electron chi connectivity index (χ3n) is 3.18.